The van der Waals surface area contributed by atoms with E-state index in [1.807, 2.05) is 0 Å². The smallest absolute Gasteiger partial charge is 0.0587 e. The Morgan fingerprint density at radius 2 is 1.78 bits per heavy atom. The van der Waals surface area contributed by atoms with Crippen LogP contribution in [0.5, 0.6) is 0 Å². The Morgan fingerprint density at radius 1 is 1.11 bits per heavy atom. The van der Waals surface area contributed by atoms with Crippen molar-refractivity contribution < 1.29 is 4.74 Å². The number of hydrogen-bond acceptors (Lipinski definition) is 3. The summed E-state index contributed by atoms with van der Waals surface area (Å²) in [6, 6.07) is 0.562. The highest BCUT2D eigenvalue weighted by atomic mass is 16.5. The van der Waals surface area contributed by atoms with E-state index in [1.165, 1.54) is 51.5 Å². The van der Waals surface area contributed by atoms with Crippen molar-refractivity contribution in [2.45, 2.75) is 57.9 Å². The lowest BCUT2D eigenvalue weighted by molar-refractivity contribution is 0.198. The van der Waals surface area contributed by atoms with Crippen LogP contribution >= 0.6 is 0 Å². The van der Waals surface area contributed by atoms with Gasteiger partial charge < -0.3 is 15.4 Å². The van der Waals surface area contributed by atoms with Crippen LogP contribution in [-0.4, -0.2) is 39.4 Å². The van der Waals surface area contributed by atoms with Gasteiger partial charge in [-0.25, -0.2) is 0 Å². The zero-order valence-corrected chi connectivity index (χ0v) is 12.3. The third kappa shape index (κ3) is 8.06. The molecule has 0 saturated heterocycles. The van der Waals surface area contributed by atoms with Gasteiger partial charge in [0.1, 0.15) is 0 Å². The molecule has 1 aliphatic carbocycles. The summed E-state index contributed by atoms with van der Waals surface area (Å²) in [6.45, 7) is 6.26. The summed E-state index contributed by atoms with van der Waals surface area (Å²) in [4.78, 5) is 0. The second kappa shape index (κ2) is 10.8. The van der Waals surface area contributed by atoms with Crippen LogP contribution in [-0.2, 0) is 4.74 Å². The van der Waals surface area contributed by atoms with Crippen LogP contribution < -0.4 is 10.6 Å². The zero-order chi connectivity index (χ0) is 13.1. The minimum Gasteiger partial charge on any atom is -0.383 e. The minimum atomic E-state index is 0.562. The van der Waals surface area contributed by atoms with E-state index >= 15 is 0 Å². The molecule has 1 fully saturated rings. The van der Waals surface area contributed by atoms with Crippen LogP contribution in [0.15, 0.2) is 0 Å². The fourth-order valence-electron chi connectivity index (χ4n) is 2.68. The zero-order valence-electron chi connectivity index (χ0n) is 12.3. The first-order valence-electron chi connectivity index (χ1n) is 7.76. The molecule has 108 valence electrons. The second-order valence-electron chi connectivity index (χ2n) is 5.72. The lowest BCUT2D eigenvalue weighted by Gasteiger charge is -2.22. The number of methoxy groups -OCH3 is 1. The maximum atomic E-state index is 5.02. The summed E-state index contributed by atoms with van der Waals surface area (Å²) in [5.41, 5.74) is 0. The molecule has 0 bridgehead atoms. The van der Waals surface area contributed by atoms with Crippen LogP contribution in [0.4, 0.5) is 0 Å². The van der Waals surface area contributed by atoms with E-state index in [-0.39, 0.29) is 0 Å². The Balaban J connectivity index is 2.02. The summed E-state index contributed by atoms with van der Waals surface area (Å²) in [7, 11) is 1.75. The lowest BCUT2D eigenvalue weighted by Crippen LogP contribution is -2.39. The topological polar surface area (TPSA) is 33.3 Å². The predicted octanol–water partition coefficient (Wildman–Crippen LogP) is 2.56. The Kier molecular flexibility index (Phi) is 9.54. The van der Waals surface area contributed by atoms with Gasteiger partial charge in [-0.3, -0.25) is 0 Å². The van der Waals surface area contributed by atoms with Crippen molar-refractivity contribution in [3.05, 3.63) is 0 Å². The molecule has 1 saturated carbocycles. The predicted molar refractivity (Wildman–Crippen MR) is 78.0 cm³/mol. The number of rotatable bonds is 8. The molecule has 0 spiro atoms. The largest absolute Gasteiger partial charge is 0.383 e. The normalized spacial score (nSPS) is 20.3. The van der Waals surface area contributed by atoms with Crippen molar-refractivity contribution >= 4 is 0 Å². The summed E-state index contributed by atoms with van der Waals surface area (Å²) in [5, 5.41) is 7.08. The Hall–Kier alpha value is -0.120. The van der Waals surface area contributed by atoms with E-state index in [2.05, 4.69) is 17.6 Å². The summed E-state index contributed by atoms with van der Waals surface area (Å²) in [6.07, 6.45) is 10.1. The van der Waals surface area contributed by atoms with Crippen LogP contribution in [0.1, 0.15) is 51.9 Å². The highest BCUT2D eigenvalue weighted by Crippen LogP contribution is 2.21. The fraction of sp³-hybridized carbons (Fsp3) is 1.00. The summed E-state index contributed by atoms with van der Waals surface area (Å²) in [5.74, 6) is 0.909. The molecule has 0 amide bonds. The molecule has 1 atom stereocenters. The quantitative estimate of drug-likeness (QED) is 0.655. The van der Waals surface area contributed by atoms with E-state index in [1.54, 1.807) is 7.11 Å². The number of ether oxygens (including phenoxy) is 1. The molecule has 0 heterocycles. The molecule has 0 aromatic carbocycles. The van der Waals surface area contributed by atoms with E-state index in [4.69, 9.17) is 4.74 Å². The molecule has 2 N–H and O–H groups in total. The van der Waals surface area contributed by atoms with Crippen molar-refractivity contribution in [3.8, 4) is 0 Å². The van der Waals surface area contributed by atoms with Gasteiger partial charge in [0.15, 0.2) is 0 Å². The Labute approximate surface area is 113 Å². The van der Waals surface area contributed by atoms with E-state index in [9.17, 15) is 0 Å². The van der Waals surface area contributed by atoms with E-state index in [0.717, 1.165) is 25.6 Å². The SMILES string of the molecule is COCCNCC(C)NCC1CCCCCCC1. The monoisotopic (exact) mass is 256 g/mol. The molecule has 3 heteroatoms. The maximum Gasteiger partial charge on any atom is 0.0587 e. The van der Waals surface area contributed by atoms with Gasteiger partial charge >= 0.3 is 0 Å². The standard InChI is InChI=1S/C15H32N2O/c1-14(12-16-10-11-18-2)17-13-15-8-6-4-3-5-7-9-15/h14-17H,3-13H2,1-2H3. The lowest BCUT2D eigenvalue weighted by atomic mass is 9.91. The van der Waals surface area contributed by atoms with E-state index < -0.39 is 0 Å². The molecular formula is C15H32N2O. The molecule has 0 aromatic heterocycles. The van der Waals surface area contributed by atoms with Gasteiger partial charge in [0.2, 0.25) is 0 Å². The van der Waals surface area contributed by atoms with Crippen molar-refractivity contribution in [1.82, 2.24) is 10.6 Å². The van der Waals surface area contributed by atoms with Gasteiger partial charge in [0.05, 0.1) is 6.61 Å². The first kappa shape index (κ1) is 15.9. The van der Waals surface area contributed by atoms with Crippen molar-refractivity contribution in [2.24, 2.45) is 5.92 Å². The molecular weight excluding hydrogens is 224 g/mol. The van der Waals surface area contributed by atoms with Gasteiger partial charge in [-0.2, -0.15) is 0 Å². The molecule has 1 rings (SSSR count). The van der Waals surface area contributed by atoms with Crippen LogP contribution in [0, 0.1) is 5.92 Å². The molecule has 3 nitrogen and oxygen atoms in total. The van der Waals surface area contributed by atoms with Gasteiger partial charge in [0.25, 0.3) is 0 Å². The molecule has 0 aliphatic heterocycles. The molecule has 1 unspecified atom stereocenters. The van der Waals surface area contributed by atoms with Gasteiger partial charge in [-0.15, -0.1) is 0 Å². The van der Waals surface area contributed by atoms with Gasteiger partial charge in [0, 0.05) is 26.2 Å². The van der Waals surface area contributed by atoms with Crippen LogP contribution in [0.25, 0.3) is 0 Å². The molecule has 0 radical (unpaired) electrons. The number of hydrogen-bond donors (Lipinski definition) is 2. The average Bonchev–Trinajstić information content (AvgIpc) is 2.33. The number of nitrogens with one attached hydrogen (secondary N) is 2. The third-order valence-corrected chi connectivity index (χ3v) is 3.91. The first-order chi connectivity index (χ1) is 8.83. The average molecular weight is 256 g/mol. The molecule has 0 aromatic rings. The third-order valence-electron chi connectivity index (χ3n) is 3.91. The van der Waals surface area contributed by atoms with Gasteiger partial charge in [-0.1, -0.05) is 32.1 Å². The van der Waals surface area contributed by atoms with E-state index in [0.29, 0.717) is 6.04 Å². The van der Waals surface area contributed by atoms with Crippen molar-refractivity contribution in [3.63, 3.8) is 0 Å². The van der Waals surface area contributed by atoms with Crippen LogP contribution in [0.2, 0.25) is 0 Å². The molecule has 1 aliphatic rings. The Bertz CT molecular complexity index is 179. The summed E-state index contributed by atoms with van der Waals surface area (Å²) >= 11 is 0. The summed E-state index contributed by atoms with van der Waals surface area (Å²) < 4.78 is 5.02. The van der Waals surface area contributed by atoms with Crippen molar-refractivity contribution in [1.29, 1.82) is 0 Å². The van der Waals surface area contributed by atoms with Gasteiger partial charge in [-0.05, 0) is 32.2 Å². The highest BCUT2D eigenvalue weighted by Gasteiger charge is 2.12. The van der Waals surface area contributed by atoms with Crippen LogP contribution in [0.3, 0.4) is 0 Å². The molecule has 18 heavy (non-hydrogen) atoms. The Morgan fingerprint density at radius 3 is 2.44 bits per heavy atom. The second-order valence-corrected chi connectivity index (χ2v) is 5.72. The van der Waals surface area contributed by atoms with Crippen molar-refractivity contribution in [2.75, 3.05) is 33.4 Å². The first-order valence-corrected chi connectivity index (χ1v) is 7.76. The maximum absolute atomic E-state index is 5.02. The highest BCUT2D eigenvalue weighted by molar-refractivity contribution is 4.70. The minimum absolute atomic E-state index is 0.562. The fourth-order valence-corrected chi connectivity index (χ4v) is 2.68.